The molecule has 0 amide bonds. The van der Waals surface area contributed by atoms with E-state index in [-0.39, 0.29) is 0 Å². The van der Waals surface area contributed by atoms with E-state index >= 15 is 0 Å². The molecule has 0 saturated carbocycles. The summed E-state index contributed by atoms with van der Waals surface area (Å²) in [6.07, 6.45) is 7.30. The maximum Gasteiger partial charge on any atom is 0.0819 e. The Labute approximate surface area is 70.9 Å². The smallest absolute Gasteiger partial charge is 0.0819 e. The zero-order valence-electron chi connectivity index (χ0n) is 8.10. The van der Waals surface area contributed by atoms with Crippen LogP contribution in [-0.4, -0.2) is 19.5 Å². The van der Waals surface area contributed by atoms with Crippen LogP contribution in [0.5, 0.6) is 0 Å². The molecule has 0 aliphatic rings. The molecule has 68 valence electrons. The zero-order valence-corrected chi connectivity index (χ0v) is 8.99. The molecule has 0 aliphatic heterocycles. The predicted molar refractivity (Wildman–Crippen MR) is 53.1 cm³/mol. The molecule has 1 nitrogen and oxygen atoms in total. The fourth-order valence-corrected chi connectivity index (χ4v) is 2.08. The molecule has 0 heterocycles. The number of hydrogen-bond donors (Lipinski definition) is 0. The second kappa shape index (κ2) is 5.83. The van der Waals surface area contributed by atoms with Crippen molar-refractivity contribution in [2.45, 2.75) is 39.0 Å². The largest absolute Gasteiger partial charge is 0.324 e. The van der Waals surface area contributed by atoms with E-state index in [0.29, 0.717) is 0 Å². The van der Waals surface area contributed by atoms with Gasteiger partial charge in [0.05, 0.1) is 7.14 Å². The average Bonchev–Trinajstić information content (AvgIpc) is 1.85. The summed E-state index contributed by atoms with van der Waals surface area (Å²) < 4.78 is 11.2. The number of unbranched alkanes of at least 4 members (excludes halogenated alkanes) is 4. The Bertz CT molecular complexity index is 126. The molecule has 0 aromatic rings. The fourth-order valence-electron chi connectivity index (χ4n) is 1.10. The van der Waals surface area contributed by atoms with Crippen molar-refractivity contribution in [2.24, 2.45) is 0 Å². The van der Waals surface area contributed by atoms with Gasteiger partial charge >= 0.3 is 0 Å². The fraction of sp³-hybridized carbons (Fsp3) is 1.00. The molecule has 0 saturated heterocycles. The monoisotopic (exact) mass is 176 g/mol. The predicted octanol–water partition coefficient (Wildman–Crippen LogP) is 3.58. The van der Waals surface area contributed by atoms with Crippen LogP contribution >= 0.6 is 7.14 Å². The molecule has 0 radical (unpaired) electrons. The van der Waals surface area contributed by atoms with Crippen LogP contribution < -0.4 is 0 Å². The lowest BCUT2D eigenvalue weighted by Gasteiger charge is -2.04. The minimum absolute atomic E-state index is 0.941. The van der Waals surface area contributed by atoms with E-state index in [0.717, 1.165) is 12.6 Å². The van der Waals surface area contributed by atoms with Crippen LogP contribution in [0.3, 0.4) is 0 Å². The molecule has 0 atom stereocenters. The molecule has 0 aromatic carbocycles. The van der Waals surface area contributed by atoms with E-state index in [1.54, 1.807) is 0 Å². The molecular weight excluding hydrogens is 155 g/mol. The van der Waals surface area contributed by atoms with Gasteiger partial charge in [0.2, 0.25) is 0 Å². The van der Waals surface area contributed by atoms with Crippen molar-refractivity contribution in [3.05, 3.63) is 0 Å². The highest BCUT2D eigenvalue weighted by molar-refractivity contribution is 7.62. The normalized spacial score (nSPS) is 11.9. The number of hydrogen-bond acceptors (Lipinski definition) is 1. The zero-order chi connectivity index (χ0) is 8.74. The Morgan fingerprint density at radius 3 is 2.00 bits per heavy atom. The van der Waals surface area contributed by atoms with Crippen molar-refractivity contribution in [3.8, 4) is 0 Å². The Hall–Kier alpha value is 0.230. The topological polar surface area (TPSA) is 17.1 Å². The van der Waals surface area contributed by atoms with Crippen molar-refractivity contribution in [3.63, 3.8) is 0 Å². The standard InChI is InChI=1S/C9H21OP/c1-4-5-6-7-8-9-11(2,3)10/h4-9H2,1-3H3. The summed E-state index contributed by atoms with van der Waals surface area (Å²) in [7, 11) is -1.71. The number of rotatable bonds is 6. The maximum atomic E-state index is 11.2. The Morgan fingerprint density at radius 2 is 1.55 bits per heavy atom. The third-order valence-corrected chi connectivity index (χ3v) is 3.19. The van der Waals surface area contributed by atoms with E-state index in [1.165, 1.54) is 25.7 Å². The van der Waals surface area contributed by atoms with E-state index in [9.17, 15) is 4.57 Å². The first-order chi connectivity index (χ1) is 5.06. The van der Waals surface area contributed by atoms with Crippen molar-refractivity contribution in [1.29, 1.82) is 0 Å². The minimum Gasteiger partial charge on any atom is -0.324 e. The lowest BCUT2D eigenvalue weighted by atomic mass is 10.2. The van der Waals surface area contributed by atoms with Crippen LogP contribution in [0.25, 0.3) is 0 Å². The lowest BCUT2D eigenvalue weighted by Crippen LogP contribution is -1.86. The van der Waals surface area contributed by atoms with E-state index in [4.69, 9.17) is 0 Å². The molecule has 0 aliphatic carbocycles. The lowest BCUT2D eigenvalue weighted by molar-refractivity contribution is 0.577. The molecule has 0 bridgehead atoms. The van der Waals surface area contributed by atoms with Gasteiger partial charge in [-0.25, -0.2) is 0 Å². The summed E-state index contributed by atoms with van der Waals surface area (Å²) in [6.45, 7) is 5.98. The first-order valence-corrected chi connectivity index (χ1v) is 7.39. The molecule has 2 heteroatoms. The molecule has 0 unspecified atom stereocenters. The maximum absolute atomic E-state index is 11.2. The van der Waals surface area contributed by atoms with Gasteiger partial charge in [0, 0.05) is 6.16 Å². The molecule has 11 heavy (non-hydrogen) atoms. The first kappa shape index (κ1) is 11.2. The van der Waals surface area contributed by atoms with Gasteiger partial charge in [0.25, 0.3) is 0 Å². The van der Waals surface area contributed by atoms with Crippen molar-refractivity contribution in [1.82, 2.24) is 0 Å². The van der Waals surface area contributed by atoms with Crippen LogP contribution in [0, 0.1) is 0 Å². The summed E-state index contributed by atoms with van der Waals surface area (Å²) in [6, 6.07) is 0. The van der Waals surface area contributed by atoms with Crippen LogP contribution in [0.2, 0.25) is 0 Å². The van der Waals surface area contributed by atoms with Crippen LogP contribution in [0.4, 0.5) is 0 Å². The van der Waals surface area contributed by atoms with Gasteiger partial charge < -0.3 is 4.57 Å². The third kappa shape index (κ3) is 10.2. The highest BCUT2D eigenvalue weighted by Crippen LogP contribution is 2.36. The Kier molecular flexibility index (Phi) is 5.95. The molecule has 0 aromatic heterocycles. The Balaban J connectivity index is 3.09. The highest BCUT2D eigenvalue weighted by atomic mass is 31.2. The van der Waals surface area contributed by atoms with Gasteiger partial charge in [0.1, 0.15) is 0 Å². The summed E-state index contributed by atoms with van der Waals surface area (Å²) in [5.74, 6) is 0. The molecule has 0 spiro atoms. The first-order valence-electron chi connectivity index (χ1n) is 4.60. The summed E-state index contributed by atoms with van der Waals surface area (Å²) in [5, 5.41) is 0. The van der Waals surface area contributed by atoms with Crippen molar-refractivity contribution < 1.29 is 4.57 Å². The van der Waals surface area contributed by atoms with Crippen LogP contribution in [0.15, 0.2) is 0 Å². The van der Waals surface area contributed by atoms with E-state index in [2.05, 4.69) is 6.92 Å². The second-order valence-corrected chi connectivity index (χ2v) is 7.31. The SMILES string of the molecule is CCCCCCCP(C)(C)=O. The van der Waals surface area contributed by atoms with E-state index in [1.807, 2.05) is 13.3 Å². The summed E-state index contributed by atoms with van der Waals surface area (Å²) in [4.78, 5) is 0. The quantitative estimate of drug-likeness (QED) is 0.446. The van der Waals surface area contributed by atoms with Crippen LogP contribution in [0.1, 0.15) is 39.0 Å². The summed E-state index contributed by atoms with van der Waals surface area (Å²) >= 11 is 0. The highest BCUT2D eigenvalue weighted by Gasteiger charge is 2.04. The van der Waals surface area contributed by atoms with Gasteiger partial charge in [-0.3, -0.25) is 0 Å². The molecular formula is C9H21OP. The summed E-state index contributed by atoms with van der Waals surface area (Å²) in [5.41, 5.74) is 0. The second-order valence-electron chi connectivity index (χ2n) is 3.71. The van der Waals surface area contributed by atoms with Crippen molar-refractivity contribution >= 4 is 7.14 Å². The van der Waals surface area contributed by atoms with Crippen molar-refractivity contribution in [2.75, 3.05) is 19.5 Å². The van der Waals surface area contributed by atoms with Gasteiger partial charge in [-0.1, -0.05) is 32.6 Å². The minimum atomic E-state index is -1.71. The molecule has 0 fully saturated rings. The molecule has 0 N–H and O–H groups in total. The third-order valence-electron chi connectivity index (χ3n) is 1.80. The Morgan fingerprint density at radius 1 is 1.00 bits per heavy atom. The van der Waals surface area contributed by atoms with Gasteiger partial charge in [0.15, 0.2) is 0 Å². The van der Waals surface area contributed by atoms with Crippen LogP contribution in [-0.2, 0) is 4.57 Å². The average molecular weight is 176 g/mol. The van der Waals surface area contributed by atoms with Gasteiger partial charge in [-0.05, 0) is 19.8 Å². The van der Waals surface area contributed by atoms with Gasteiger partial charge in [-0.15, -0.1) is 0 Å². The van der Waals surface area contributed by atoms with Gasteiger partial charge in [-0.2, -0.15) is 0 Å². The molecule has 0 rings (SSSR count). The van der Waals surface area contributed by atoms with E-state index < -0.39 is 7.14 Å².